The van der Waals surface area contributed by atoms with Gasteiger partial charge in [0.1, 0.15) is 5.82 Å². The molecule has 0 spiro atoms. The lowest BCUT2D eigenvalue weighted by atomic mass is 10.2. The number of pyridine rings is 1. The van der Waals surface area contributed by atoms with Crippen molar-refractivity contribution in [3.63, 3.8) is 0 Å². The molecule has 0 aliphatic carbocycles. The first kappa shape index (κ1) is 12.2. The number of amides is 1. The van der Waals surface area contributed by atoms with E-state index in [0.29, 0.717) is 5.82 Å². The minimum atomic E-state index is -0.648. The number of hydrogen-bond acceptors (Lipinski definition) is 3. The fourth-order valence-corrected chi connectivity index (χ4v) is 1.57. The van der Waals surface area contributed by atoms with Crippen LogP contribution in [-0.2, 0) is 0 Å². The van der Waals surface area contributed by atoms with E-state index < -0.39 is 11.7 Å². The van der Waals surface area contributed by atoms with Gasteiger partial charge >= 0.3 is 0 Å². The molecule has 0 saturated heterocycles. The number of carbonyl (C=O) groups is 1. The van der Waals surface area contributed by atoms with Crippen molar-refractivity contribution in [1.82, 2.24) is 14.8 Å². The monoisotopic (exact) mass is 248 g/mol. The molecule has 0 bridgehead atoms. The fourth-order valence-electron chi connectivity index (χ4n) is 1.57. The minimum absolute atomic E-state index is 0.0403. The molecule has 5 nitrogen and oxygen atoms in total. The van der Waals surface area contributed by atoms with Crippen LogP contribution in [0.3, 0.4) is 0 Å². The lowest BCUT2D eigenvalue weighted by Gasteiger charge is -2.11. The number of anilines is 1. The van der Waals surface area contributed by atoms with Crippen molar-refractivity contribution in [3.05, 3.63) is 42.1 Å². The van der Waals surface area contributed by atoms with Gasteiger partial charge < -0.3 is 5.32 Å². The van der Waals surface area contributed by atoms with Gasteiger partial charge in [0.25, 0.3) is 5.91 Å². The first-order chi connectivity index (χ1) is 8.59. The van der Waals surface area contributed by atoms with Crippen LogP contribution in [0, 0.1) is 5.82 Å². The zero-order valence-corrected chi connectivity index (χ0v) is 10.1. The molecule has 0 fully saturated rings. The second-order valence-corrected chi connectivity index (χ2v) is 4.06. The van der Waals surface area contributed by atoms with Gasteiger partial charge in [0.05, 0.1) is 18.0 Å². The molecule has 0 aromatic carbocycles. The van der Waals surface area contributed by atoms with Gasteiger partial charge in [-0.2, -0.15) is 5.10 Å². The molecule has 0 aliphatic heterocycles. The van der Waals surface area contributed by atoms with E-state index in [0.717, 1.165) is 6.20 Å². The van der Waals surface area contributed by atoms with Crippen LogP contribution in [0.4, 0.5) is 10.2 Å². The predicted molar refractivity (Wildman–Crippen MR) is 64.8 cm³/mol. The summed E-state index contributed by atoms with van der Waals surface area (Å²) >= 11 is 0. The summed E-state index contributed by atoms with van der Waals surface area (Å²) in [4.78, 5) is 15.5. The van der Waals surface area contributed by atoms with E-state index in [1.165, 1.54) is 12.3 Å². The average molecular weight is 248 g/mol. The highest BCUT2D eigenvalue weighted by atomic mass is 19.1. The Hall–Kier alpha value is -2.24. The lowest BCUT2D eigenvalue weighted by Crippen LogP contribution is -2.17. The van der Waals surface area contributed by atoms with E-state index in [1.807, 2.05) is 13.8 Å². The summed E-state index contributed by atoms with van der Waals surface area (Å²) in [7, 11) is 0. The zero-order chi connectivity index (χ0) is 13.1. The van der Waals surface area contributed by atoms with E-state index in [4.69, 9.17) is 0 Å². The Bertz CT molecular complexity index is 565. The first-order valence-corrected chi connectivity index (χ1v) is 5.54. The zero-order valence-electron chi connectivity index (χ0n) is 10.1. The van der Waals surface area contributed by atoms with Crippen LogP contribution in [0.25, 0.3) is 0 Å². The number of carbonyl (C=O) groups excluding carboxylic acids is 1. The van der Waals surface area contributed by atoms with Gasteiger partial charge in [0, 0.05) is 18.3 Å². The summed E-state index contributed by atoms with van der Waals surface area (Å²) in [5, 5.41) is 6.70. The van der Waals surface area contributed by atoms with Crippen LogP contribution < -0.4 is 5.32 Å². The van der Waals surface area contributed by atoms with E-state index in [1.54, 1.807) is 16.9 Å². The topological polar surface area (TPSA) is 59.8 Å². The Morgan fingerprint density at radius 1 is 1.39 bits per heavy atom. The fraction of sp³-hybridized carbons (Fsp3) is 0.250. The molecule has 0 radical (unpaired) electrons. The first-order valence-electron chi connectivity index (χ1n) is 5.54. The van der Waals surface area contributed by atoms with Crippen LogP contribution in [-0.4, -0.2) is 20.7 Å². The Kier molecular flexibility index (Phi) is 3.36. The smallest absolute Gasteiger partial charge is 0.259 e. The molecule has 0 saturated carbocycles. The van der Waals surface area contributed by atoms with Gasteiger partial charge in [-0.1, -0.05) is 0 Å². The molecule has 6 heteroatoms. The molecule has 1 N–H and O–H groups in total. The van der Waals surface area contributed by atoms with Crippen LogP contribution in [0.5, 0.6) is 0 Å². The van der Waals surface area contributed by atoms with Crippen LogP contribution in [0.2, 0.25) is 0 Å². The maximum Gasteiger partial charge on any atom is 0.259 e. The second-order valence-electron chi connectivity index (χ2n) is 4.06. The van der Waals surface area contributed by atoms with Crippen molar-refractivity contribution < 1.29 is 9.18 Å². The molecule has 18 heavy (non-hydrogen) atoms. The Balaban J connectivity index is 2.22. The lowest BCUT2D eigenvalue weighted by molar-refractivity contribution is 0.102. The molecule has 0 aliphatic rings. The largest absolute Gasteiger partial charge is 0.307 e. The normalized spacial score (nSPS) is 10.7. The summed E-state index contributed by atoms with van der Waals surface area (Å²) in [5.41, 5.74) is -0.0403. The third kappa shape index (κ3) is 2.37. The Morgan fingerprint density at radius 2 is 2.17 bits per heavy atom. The van der Waals surface area contributed by atoms with E-state index in [-0.39, 0.29) is 11.6 Å². The van der Waals surface area contributed by atoms with Crippen molar-refractivity contribution in [2.45, 2.75) is 19.9 Å². The van der Waals surface area contributed by atoms with Gasteiger partial charge in [-0.05, 0) is 19.9 Å². The van der Waals surface area contributed by atoms with Crippen LogP contribution in [0.15, 0.2) is 30.7 Å². The predicted octanol–water partition coefficient (Wildman–Crippen LogP) is 2.25. The van der Waals surface area contributed by atoms with Gasteiger partial charge in [-0.15, -0.1) is 0 Å². The number of nitrogens with zero attached hydrogens (tertiary/aromatic N) is 3. The average Bonchev–Trinajstić information content (AvgIpc) is 2.77. The van der Waals surface area contributed by atoms with Gasteiger partial charge in [0.15, 0.2) is 5.82 Å². The Morgan fingerprint density at radius 3 is 2.83 bits per heavy atom. The molecule has 2 rings (SSSR count). The second kappa shape index (κ2) is 4.95. The molecule has 0 unspecified atom stereocenters. The number of nitrogens with one attached hydrogen (secondary N) is 1. The molecule has 1 amide bonds. The van der Waals surface area contributed by atoms with Gasteiger partial charge in [-0.25, -0.2) is 9.07 Å². The third-order valence-corrected chi connectivity index (χ3v) is 2.42. The maximum atomic E-state index is 13.4. The number of hydrogen-bond donors (Lipinski definition) is 1. The molecule has 0 atom stereocenters. The van der Waals surface area contributed by atoms with Crippen LogP contribution in [0.1, 0.15) is 30.2 Å². The number of aromatic nitrogens is 3. The summed E-state index contributed by atoms with van der Waals surface area (Å²) in [6, 6.07) is 3.11. The maximum absolute atomic E-state index is 13.4. The van der Waals surface area contributed by atoms with Crippen molar-refractivity contribution in [1.29, 1.82) is 0 Å². The van der Waals surface area contributed by atoms with E-state index >= 15 is 0 Å². The van der Waals surface area contributed by atoms with Crippen molar-refractivity contribution >= 4 is 11.7 Å². The molecule has 2 heterocycles. The van der Waals surface area contributed by atoms with Crippen LogP contribution >= 0.6 is 0 Å². The molecular formula is C12H13FN4O. The quantitative estimate of drug-likeness (QED) is 0.906. The van der Waals surface area contributed by atoms with E-state index in [2.05, 4.69) is 15.4 Å². The van der Waals surface area contributed by atoms with Crippen molar-refractivity contribution in [3.8, 4) is 0 Å². The highest BCUT2D eigenvalue weighted by Gasteiger charge is 2.14. The van der Waals surface area contributed by atoms with E-state index in [9.17, 15) is 9.18 Å². The molecular weight excluding hydrogens is 235 g/mol. The summed E-state index contributed by atoms with van der Waals surface area (Å²) in [6.07, 6.45) is 3.96. The SMILES string of the molecule is CC(C)n1nccc1NC(=O)c1ccncc1F. The summed E-state index contributed by atoms with van der Waals surface area (Å²) < 4.78 is 15.0. The highest BCUT2D eigenvalue weighted by Crippen LogP contribution is 2.15. The minimum Gasteiger partial charge on any atom is -0.307 e. The standard InChI is InChI=1S/C12H13FN4O/c1-8(2)17-11(4-6-15-17)16-12(18)9-3-5-14-7-10(9)13/h3-8H,1-2H3,(H,16,18). The summed E-state index contributed by atoms with van der Waals surface area (Å²) in [5.74, 6) is -0.630. The molecule has 2 aromatic rings. The molecule has 2 aromatic heterocycles. The highest BCUT2D eigenvalue weighted by molar-refractivity contribution is 6.03. The Labute approximate surface area is 104 Å². The van der Waals surface area contributed by atoms with Gasteiger partial charge in [-0.3, -0.25) is 9.78 Å². The molecule has 94 valence electrons. The van der Waals surface area contributed by atoms with Crippen molar-refractivity contribution in [2.24, 2.45) is 0 Å². The van der Waals surface area contributed by atoms with Gasteiger partial charge in [0.2, 0.25) is 0 Å². The number of halogens is 1. The number of rotatable bonds is 3. The third-order valence-electron chi connectivity index (χ3n) is 2.42. The summed E-state index contributed by atoms with van der Waals surface area (Å²) in [6.45, 7) is 3.88. The van der Waals surface area contributed by atoms with Crippen molar-refractivity contribution in [2.75, 3.05) is 5.32 Å².